The Labute approximate surface area is 234 Å². The third-order valence-electron chi connectivity index (χ3n) is 7.26. The van der Waals surface area contributed by atoms with E-state index < -0.39 is 0 Å². The zero-order valence-electron chi connectivity index (χ0n) is 22.6. The summed E-state index contributed by atoms with van der Waals surface area (Å²) < 4.78 is 1.92. The molecule has 2 aromatic heterocycles. The van der Waals surface area contributed by atoms with Crippen LogP contribution < -0.4 is 4.90 Å². The van der Waals surface area contributed by atoms with E-state index in [9.17, 15) is 4.79 Å². The van der Waals surface area contributed by atoms with E-state index in [-0.39, 0.29) is 5.91 Å². The first-order chi connectivity index (χ1) is 19.7. The number of rotatable bonds is 6. The zero-order chi connectivity index (χ0) is 27.3. The normalized spacial score (nSPS) is 14.1. The summed E-state index contributed by atoms with van der Waals surface area (Å²) in [6.07, 6.45) is 5.05. The molecule has 3 aromatic carbocycles. The standard InChI is InChI=1S/C33H32N6O/c1-25-31-32(38-21-11-20-37(22-23-38)30(40)19-18-26-12-5-2-6-13-26)34-29(24-27-14-7-3-8-15-27)35-33(31)39(36-25)28-16-9-4-10-17-28/h2-10,12-19H,11,20-24H2,1H3/b19-18+. The van der Waals surface area contributed by atoms with Gasteiger partial charge < -0.3 is 9.80 Å². The Morgan fingerprint density at radius 1 is 0.825 bits per heavy atom. The topological polar surface area (TPSA) is 67.2 Å². The Balaban J connectivity index is 1.32. The zero-order valence-corrected chi connectivity index (χ0v) is 22.6. The van der Waals surface area contributed by atoms with Gasteiger partial charge in [0.25, 0.3) is 0 Å². The molecule has 0 spiro atoms. The number of amides is 1. The molecule has 200 valence electrons. The molecule has 0 atom stereocenters. The fraction of sp³-hybridized carbons (Fsp3) is 0.212. The summed E-state index contributed by atoms with van der Waals surface area (Å²) in [7, 11) is 0. The molecule has 6 rings (SSSR count). The summed E-state index contributed by atoms with van der Waals surface area (Å²) in [6.45, 7) is 4.86. The number of hydrogen-bond donors (Lipinski definition) is 0. The SMILES string of the molecule is Cc1nn(-c2ccccc2)c2nc(Cc3ccccc3)nc(N3CCCN(C(=O)/C=C/c4ccccc4)CC3)c12. The summed E-state index contributed by atoms with van der Waals surface area (Å²) in [5.41, 5.74) is 4.85. The predicted molar refractivity (Wildman–Crippen MR) is 160 cm³/mol. The Kier molecular flexibility index (Phi) is 7.35. The van der Waals surface area contributed by atoms with Crippen LogP contribution in [0, 0.1) is 6.92 Å². The molecule has 1 fully saturated rings. The van der Waals surface area contributed by atoms with Crippen LogP contribution in [0.2, 0.25) is 0 Å². The third-order valence-corrected chi connectivity index (χ3v) is 7.26. The number of fused-ring (bicyclic) bond motifs is 1. The maximum absolute atomic E-state index is 13.0. The van der Waals surface area contributed by atoms with Crippen LogP contribution in [-0.4, -0.2) is 56.7 Å². The lowest BCUT2D eigenvalue weighted by molar-refractivity contribution is -0.125. The quantitative estimate of drug-likeness (QED) is 0.274. The second-order valence-electron chi connectivity index (χ2n) is 10.1. The summed E-state index contributed by atoms with van der Waals surface area (Å²) in [6, 6.07) is 30.4. The smallest absolute Gasteiger partial charge is 0.246 e. The molecular weight excluding hydrogens is 496 g/mol. The molecule has 1 aliphatic rings. The predicted octanol–water partition coefficient (Wildman–Crippen LogP) is 5.47. The lowest BCUT2D eigenvalue weighted by Crippen LogP contribution is -2.34. The van der Waals surface area contributed by atoms with Crippen LogP contribution in [0.5, 0.6) is 0 Å². The molecular formula is C33H32N6O. The minimum atomic E-state index is 0.0383. The summed E-state index contributed by atoms with van der Waals surface area (Å²) in [5.74, 6) is 1.69. The molecule has 1 aliphatic heterocycles. The fourth-order valence-electron chi connectivity index (χ4n) is 5.23. The van der Waals surface area contributed by atoms with Gasteiger partial charge >= 0.3 is 0 Å². The van der Waals surface area contributed by atoms with Crippen LogP contribution >= 0.6 is 0 Å². The first-order valence-electron chi connectivity index (χ1n) is 13.8. The van der Waals surface area contributed by atoms with Crippen LogP contribution in [0.15, 0.2) is 97.1 Å². The van der Waals surface area contributed by atoms with E-state index in [1.165, 1.54) is 0 Å². The van der Waals surface area contributed by atoms with Gasteiger partial charge in [0.05, 0.1) is 16.8 Å². The van der Waals surface area contributed by atoms with Gasteiger partial charge in [-0.1, -0.05) is 78.9 Å². The maximum atomic E-state index is 13.0. The second kappa shape index (κ2) is 11.5. The number of anilines is 1. The van der Waals surface area contributed by atoms with Crippen molar-refractivity contribution in [1.29, 1.82) is 0 Å². The number of benzene rings is 3. The van der Waals surface area contributed by atoms with Gasteiger partial charge in [-0.2, -0.15) is 5.10 Å². The highest BCUT2D eigenvalue weighted by Gasteiger charge is 2.24. The van der Waals surface area contributed by atoms with Crippen LogP contribution in [0.3, 0.4) is 0 Å². The van der Waals surface area contributed by atoms with Gasteiger partial charge in [-0.3, -0.25) is 4.79 Å². The molecule has 0 radical (unpaired) electrons. The van der Waals surface area contributed by atoms with Gasteiger partial charge in [0.2, 0.25) is 5.91 Å². The van der Waals surface area contributed by atoms with Crippen molar-refractivity contribution >= 4 is 28.8 Å². The summed E-state index contributed by atoms with van der Waals surface area (Å²) in [5, 5.41) is 5.86. The number of carbonyl (C=O) groups excluding carboxylic acids is 1. The van der Waals surface area contributed by atoms with E-state index >= 15 is 0 Å². The molecule has 40 heavy (non-hydrogen) atoms. The molecule has 5 aromatic rings. The lowest BCUT2D eigenvalue weighted by Gasteiger charge is -2.23. The molecule has 3 heterocycles. The Morgan fingerprint density at radius 3 is 2.27 bits per heavy atom. The van der Waals surface area contributed by atoms with Gasteiger partial charge in [-0.15, -0.1) is 0 Å². The number of carbonyl (C=O) groups is 1. The largest absolute Gasteiger partial charge is 0.354 e. The number of nitrogens with zero attached hydrogens (tertiary/aromatic N) is 6. The number of para-hydroxylation sites is 1. The van der Waals surface area contributed by atoms with Gasteiger partial charge in [0.1, 0.15) is 11.6 Å². The Bertz CT molecular complexity index is 1630. The average Bonchev–Trinajstić information content (AvgIpc) is 3.16. The van der Waals surface area contributed by atoms with Gasteiger partial charge in [-0.25, -0.2) is 14.6 Å². The molecule has 1 amide bonds. The maximum Gasteiger partial charge on any atom is 0.246 e. The van der Waals surface area contributed by atoms with Gasteiger partial charge in [0.15, 0.2) is 5.65 Å². The van der Waals surface area contributed by atoms with Gasteiger partial charge in [-0.05, 0) is 42.7 Å². The van der Waals surface area contributed by atoms with Crippen molar-refractivity contribution in [2.75, 3.05) is 31.1 Å². The Hall–Kier alpha value is -4.78. The minimum Gasteiger partial charge on any atom is -0.354 e. The molecule has 7 heteroatoms. The van der Waals surface area contributed by atoms with Crippen molar-refractivity contribution in [3.05, 3.63) is 120 Å². The number of hydrogen-bond acceptors (Lipinski definition) is 5. The monoisotopic (exact) mass is 528 g/mol. The van der Waals surface area contributed by atoms with Crippen molar-refractivity contribution in [1.82, 2.24) is 24.6 Å². The molecule has 7 nitrogen and oxygen atoms in total. The van der Waals surface area contributed by atoms with Crippen LogP contribution in [0.1, 0.15) is 29.1 Å². The highest BCUT2D eigenvalue weighted by molar-refractivity contribution is 5.92. The molecule has 0 saturated carbocycles. The third kappa shape index (κ3) is 5.50. The first kappa shape index (κ1) is 25.5. The van der Waals surface area contributed by atoms with Crippen molar-refractivity contribution < 1.29 is 4.79 Å². The second-order valence-corrected chi connectivity index (χ2v) is 10.1. The van der Waals surface area contributed by atoms with E-state index in [0.29, 0.717) is 26.1 Å². The first-order valence-corrected chi connectivity index (χ1v) is 13.8. The fourth-order valence-corrected chi connectivity index (χ4v) is 5.23. The highest BCUT2D eigenvalue weighted by atomic mass is 16.2. The molecule has 0 unspecified atom stereocenters. The van der Waals surface area contributed by atoms with Crippen LogP contribution in [0.4, 0.5) is 5.82 Å². The van der Waals surface area contributed by atoms with Gasteiger partial charge in [0, 0.05) is 38.7 Å². The van der Waals surface area contributed by atoms with E-state index in [4.69, 9.17) is 15.1 Å². The van der Waals surface area contributed by atoms with E-state index in [0.717, 1.165) is 58.1 Å². The number of aromatic nitrogens is 4. The van der Waals surface area contributed by atoms with Crippen molar-refractivity contribution in [2.24, 2.45) is 0 Å². The molecule has 0 bridgehead atoms. The van der Waals surface area contributed by atoms with Crippen molar-refractivity contribution in [2.45, 2.75) is 19.8 Å². The Morgan fingerprint density at radius 2 is 1.52 bits per heavy atom. The van der Waals surface area contributed by atoms with Crippen LogP contribution in [-0.2, 0) is 11.2 Å². The van der Waals surface area contributed by atoms with E-state index in [1.54, 1.807) is 6.08 Å². The summed E-state index contributed by atoms with van der Waals surface area (Å²) in [4.78, 5) is 27.4. The molecule has 1 saturated heterocycles. The van der Waals surface area contributed by atoms with E-state index in [2.05, 4.69) is 17.0 Å². The van der Waals surface area contributed by atoms with Crippen molar-refractivity contribution in [3.63, 3.8) is 0 Å². The summed E-state index contributed by atoms with van der Waals surface area (Å²) >= 11 is 0. The number of aryl methyl sites for hydroxylation is 1. The average molecular weight is 529 g/mol. The lowest BCUT2D eigenvalue weighted by atomic mass is 10.1. The highest BCUT2D eigenvalue weighted by Crippen LogP contribution is 2.30. The van der Waals surface area contributed by atoms with E-state index in [1.807, 2.05) is 101 Å². The van der Waals surface area contributed by atoms with Crippen molar-refractivity contribution in [3.8, 4) is 5.69 Å². The minimum absolute atomic E-state index is 0.0383. The van der Waals surface area contributed by atoms with Crippen LogP contribution in [0.25, 0.3) is 22.8 Å². The molecule has 0 aliphatic carbocycles. The molecule has 0 N–H and O–H groups in total.